The molecule has 1 unspecified atom stereocenters. The first-order chi connectivity index (χ1) is 7.13. The molecule has 0 fully saturated rings. The van der Waals surface area contributed by atoms with Gasteiger partial charge in [-0.2, -0.15) is 0 Å². The molecule has 0 spiro atoms. The maximum atomic E-state index is 13.0. The third-order valence-corrected chi connectivity index (χ3v) is 2.38. The van der Waals surface area contributed by atoms with Crippen molar-refractivity contribution in [3.05, 3.63) is 35.1 Å². The maximum Gasteiger partial charge on any atom is 0.123 e. The van der Waals surface area contributed by atoms with Crippen molar-refractivity contribution in [3.8, 4) is 12.3 Å². The third-order valence-electron chi connectivity index (χ3n) is 2.38. The van der Waals surface area contributed by atoms with E-state index in [-0.39, 0.29) is 11.9 Å². The van der Waals surface area contributed by atoms with Crippen molar-refractivity contribution < 1.29 is 4.39 Å². The number of nitrogens with one attached hydrogen (secondary N) is 1. The van der Waals surface area contributed by atoms with Gasteiger partial charge in [-0.3, -0.25) is 0 Å². The van der Waals surface area contributed by atoms with Gasteiger partial charge in [0.15, 0.2) is 0 Å². The van der Waals surface area contributed by atoms with Gasteiger partial charge in [0.1, 0.15) is 5.82 Å². The minimum absolute atomic E-state index is 0.193. The van der Waals surface area contributed by atoms with Crippen LogP contribution in [0.15, 0.2) is 18.2 Å². The van der Waals surface area contributed by atoms with Crippen LogP contribution in [0, 0.1) is 25.1 Å². The minimum Gasteiger partial charge on any atom is -0.309 e. The molecule has 0 saturated heterocycles. The first-order valence-electron chi connectivity index (χ1n) is 5.05. The van der Waals surface area contributed by atoms with E-state index in [4.69, 9.17) is 6.42 Å². The summed E-state index contributed by atoms with van der Waals surface area (Å²) in [7, 11) is 0. The second kappa shape index (κ2) is 5.53. The zero-order valence-electron chi connectivity index (χ0n) is 9.18. The van der Waals surface area contributed by atoms with E-state index in [1.807, 2.05) is 13.8 Å². The van der Waals surface area contributed by atoms with E-state index in [1.54, 1.807) is 12.1 Å². The number of hydrogen-bond acceptors (Lipinski definition) is 1. The fraction of sp³-hybridized carbons (Fsp3) is 0.385. The van der Waals surface area contributed by atoms with Gasteiger partial charge >= 0.3 is 0 Å². The molecule has 80 valence electrons. The van der Waals surface area contributed by atoms with Gasteiger partial charge in [0, 0.05) is 19.0 Å². The second-order valence-electron chi connectivity index (χ2n) is 3.76. The lowest BCUT2D eigenvalue weighted by Crippen LogP contribution is -2.25. The average Bonchev–Trinajstić information content (AvgIpc) is 2.20. The summed E-state index contributed by atoms with van der Waals surface area (Å²) in [5.74, 6) is 2.40. The lowest BCUT2D eigenvalue weighted by atomic mass is 10.1. The van der Waals surface area contributed by atoms with Crippen molar-refractivity contribution >= 4 is 0 Å². The molecule has 15 heavy (non-hydrogen) atoms. The van der Waals surface area contributed by atoms with Crippen molar-refractivity contribution in [3.63, 3.8) is 0 Å². The highest BCUT2D eigenvalue weighted by Crippen LogP contribution is 2.10. The molecule has 0 saturated carbocycles. The summed E-state index contributed by atoms with van der Waals surface area (Å²) in [6.45, 7) is 4.66. The molecule has 0 amide bonds. The highest BCUT2D eigenvalue weighted by atomic mass is 19.1. The van der Waals surface area contributed by atoms with E-state index < -0.39 is 0 Å². The number of rotatable bonds is 4. The Kier molecular flexibility index (Phi) is 4.33. The van der Waals surface area contributed by atoms with Crippen LogP contribution < -0.4 is 5.32 Å². The quantitative estimate of drug-likeness (QED) is 0.745. The normalized spacial score (nSPS) is 12.1. The van der Waals surface area contributed by atoms with Crippen LogP contribution in [0.25, 0.3) is 0 Å². The van der Waals surface area contributed by atoms with Crippen LogP contribution in [-0.4, -0.2) is 6.04 Å². The number of hydrogen-bond donors (Lipinski definition) is 1. The zero-order chi connectivity index (χ0) is 11.3. The molecule has 0 bridgehead atoms. The number of halogens is 1. The van der Waals surface area contributed by atoms with Gasteiger partial charge in [0.2, 0.25) is 0 Å². The van der Waals surface area contributed by atoms with Crippen molar-refractivity contribution in [2.45, 2.75) is 32.9 Å². The zero-order valence-corrected chi connectivity index (χ0v) is 9.18. The Balaban J connectivity index is 2.57. The monoisotopic (exact) mass is 205 g/mol. The molecule has 1 N–H and O–H groups in total. The molecular weight excluding hydrogens is 189 g/mol. The first kappa shape index (κ1) is 11.7. The Bertz CT molecular complexity index is 365. The molecule has 0 radical (unpaired) electrons. The molecule has 1 nitrogen and oxygen atoms in total. The molecule has 0 aromatic heterocycles. The van der Waals surface area contributed by atoms with Crippen molar-refractivity contribution in [1.29, 1.82) is 0 Å². The predicted molar refractivity (Wildman–Crippen MR) is 60.9 cm³/mol. The summed E-state index contributed by atoms with van der Waals surface area (Å²) in [5, 5.41) is 3.26. The van der Waals surface area contributed by atoms with Gasteiger partial charge < -0.3 is 5.32 Å². The van der Waals surface area contributed by atoms with E-state index in [0.717, 1.165) is 11.1 Å². The van der Waals surface area contributed by atoms with E-state index in [2.05, 4.69) is 11.2 Å². The summed E-state index contributed by atoms with van der Waals surface area (Å²) >= 11 is 0. The average molecular weight is 205 g/mol. The van der Waals surface area contributed by atoms with Crippen LogP contribution in [0.2, 0.25) is 0 Å². The summed E-state index contributed by atoms with van der Waals surface area (Å²) in [4.78, 5) is 0. The molecule has 0 aliphatic rings. The van der Waals surface area contributed by atoms with E-state index in [0.29, 0.717) is 13.0 Å². The summed E-state index contributed by atoms with van der Waals surface area (Å²) in [6, 6.07) is 5.09. The highest BCUT2D eigenvalue weighted by Gasteiger charge is 2.03. The Morgan fingerprint density at radius 2 is 2.27 bits per heavy atom. The number of terminal acetylenes is 1. The van der Waals surface area contributed by atoms with Crippen molar-refractivity contribution in [2.24, 2.45) is 0 Å². The van der Waals surface area contributed by atoms with E-state index >= 15 is 0 Å². The predicted octanol–water partition coefficient (Wildman–Crippen LogP) is 2.64. The molecule has 1 aromatic rings. The second-order valence-corrected chi connectivity index (χ2v) is 3.76. The Morgan fingerprint density at radius 3 is 2.93 bits per heavy atom. The SMILES string of the molecule is C#CCC(C)NCc1cc(F)ccc1C. The largest absolute Gasteiger partial charge is 0.309 e. The molecular formula is C13H16FN. The summed E-state index contributed by atoms with van der Waals surface area (Å²) in [5.41, 5.74) is 2.08. The van der Waals surface area contributed by atoms with Gasteiger partial charge in [-0.05, 0) is 37.1 Å². The van der Waals surface area contributed by atoms with Crippen LogP contribution >= 0.6 is 0 Å². The third kappa shape index (κ3) is 3.73. The Labute approximate surface area is 90.7 Å². The van der Waals surface area contributed by atoms with E-state index in [1.165, 1.54) is 6.07 Å². The van der Waals surface area contributed by atoms with Gasteiger partial charge in [-0.1, -0.05) is 6.07 Å². The van der Waals surface area contributed by atoms with Crippen LogP contribution in [-0.2, 0) is 6.54 Å². The lowest BCUT2D eigenvalue weighted by molar-refractivity contribution is 0.554. The van der Waals surface area contributed by atoms with Crippen LogP contribution in [0.5, 0.6) is 0 Å². The topological polar surface area (TPSA) is 12.0 Å². The van der Waals surface area contributed by atoms with Crippen LogP contribution in [0.4, 0.5) is 4.39 Å². The van der Waals surface area contributed by atoms with Gasteiger partial charge in [0.05, 0.1) is 0 Å². The number of benzene rings is 1. The molecule has 0 heterocycles. The standard InChI is InChI=1S/C13H16FN/c1-4-5-11(3)15-9-12-8-13(14)7-6-10(12)2/h1,6-8,11,15H,5,9H2,2-3H3. The van der Waals surface area contributed by atoms with Crippen molar-refractivity contribution in [2.75, 3.05) is 0 Å². The molecule has 1 rings (SSSR count). The Hall–Kier alpha value is -1.33. The van der Waals surface area contributed by atoms with Gasteiger partial charge in [-0.15, -0.1) is 12.3 Å². The number of aryl methyl sites for hydroxylation is 1. The summed E-state index contributed by atoms with van der Waals surface area (Å²) in [6.07, 6.45) is 5.89. The molecule has 1 atom stereocenters. The smallest absolute Gasteiger partial charge is 0.123 e. The van der Waals surface area contributed by atoms with E-state index in [9.17, 15) is 4.39 Å². The molecule has 0 aliphatic carbocycles. The molecule has 2 heteroatoms. The fourth-order valence-corrected chi connectivity index (χ4v) is 1.36. The minimum atomic E-state index is -0.193. The van der Waals surface area contributed by atoms with Gasteiger partial charge in [-0.25, -0.2) is 4.39 Å². The van der Waals surface area contributed by atoms with Gasteiger partial charge in [0.25, 0.3) is 0 Å². The van der Waals surface area contributed by atoms with Crippen LogP contribution in [0.1, 0.15) is 24.5 Å². The highest BCUT2D eigenvalue weighted by molar-refractivity contribution is 5.26. The lowest BCUT2D eigenvalue weighted by Gasteiger charge is -2.12. The molecule has 0 aliphatic heterocycles. The van der Waals surface area contributed by atoms with Crippen molar-refractivity contribution in [1.82, 2.24) is 5.32 Å². The first-order valence-corrected chi connectivity index (χ1v) is 5.05. The summed E-state index contributed by atoms with van der Waals surface area (Å²) < 4.78 is 13.0. The fourth-order valence-electron chi connectivity index (χ4n) is 1.36. The Morgan fingerprint density at radius 1 is 1.53 bits per heavy atom. The van der Waals surface area contributed by atoms with Crippen LogP contribution in [0.3, 0.4) is 0 Å². The maximum absolute atomic E-state index is 13.0. The molecule has 1 aromatic carbocycles.